The van der Waals surface area contributed by atoms with Crippen molar-refractivity contribution in [2.24, 2.45) is 5.92 Å². The number of carbonyl (C=O) groups excluding carboxylic acids is 2. The number of rotatable bonds is 9. The van der Waals surface area contributed by atoms with Crippen molar-refractivity contribution in [3.63, 3.8) is 0 Å². The maximum Gasteiger partial charge on any atom is 0.407 e. The Bertz CT molecular complexity index is 1210. The number of carboxylic acid groups (broad SMARTS) is 1. The lowest BCUT2D eigenvalue weighted by molar-refractivity contribution is -0.140. The molecule has 0 bridgehead atoms. The topological polar surface area (TPSA) is 118 Å². The second-order valence-electron chi connectivity index (χ2n) is 8.46. The summed E-state index contributed by atoms with van der Waals surface area (Å²) in [6.07, 6.45) is -0.0464. The number of aliphatic carboxylic acids is 1. The van der Waals surface area contributed by atoms with Gasteiger partial charge in [-0.15, -0.1) is 11.3 Å². The van der Waals surface area contributed by atoms with E-state index in [2.05, 4.69) is 39.9 Å². The molecule has 3 N–H and O–H groups in total. The van der Waals surface area contributed by atoms with Gasteiger partial charge in [-0.1, -0.05) is 55.5 Å². The van der Waals surface area contributed by atoms with Crippen LogP contribution in [0.3, 0.4) is 0 Å². The summed E-state index contributed by atoms with van der Waals surface area (Å²) in [6, 6.07) is 16.3. The number of nitrogens with zero attached hydrogens (tertiary/aromatic N) is 1. The number of nitrogens with one attached hydrogen (secondary N) is 2. The van der Waals surface area contributed by atoms with Crippen LogP contribution in [0.25, 0.3) is 11.1 Å². The van der Waals surface area contributed by atoms with E-state index in [4.69, 9.17) is 9.84 Å². The average molecular weight is 494 g/mol. The molecular weight excluding hydrogens is 466 g/mol. The molecule has 1 atom stereocenters. The zero-order valence-corrected chi connectivity index (χ0v) is 20.4. The van der Waals surface area contributed by atoms with E-state index in [1.165, 1.54) is 29.4 Å². The van der Waals surface area contributed by atoms with E-state index in [0.29, 0.717) is 18.0 Å². The number of alkyl carbamates (subject to hydrolysis) is 1. The molecule has 2 aromatic carbocycles. The van der Waals surface area contributed by atoms with E-state index in [0.717, 1.165) is 16.0 Å². The SMILES string of the molecule is Cc1sc(CCNC(=O)OCC2c3ccccc3-c3ccccc32)nc1C(=O)NCC(C)C(=O)O. The number of carboxylic acids is 1. The van der Waals surface area contributed by atoms with Gasteiger partial charge in [-0.05, 0) is 29.2 Å². The Morgan fingerprint density at radius 1 is 1.06 bits per heavy atom. The highest BCUT2D eigenvalue weighted by Crippen LogP contribution is 2.44. The highest BCUT2D eigenvalue weighted by molar-refractivity contribution is 7.11. The highest BCUT2D eigenvalue weighted by atomic mass is 32.1. The summed E-state index contributed by atoms with van der Waals surface area (Å²) in [6.45, 7) is 3.91. The number of amides is 2. The Hall–Kier alpha value is -3.72. The maximum absolute atomic E-state index is 12.3. The van der Waals surface area contributed by atoms with Crippen molar-refractivity contribution >= 4 is 29.3 Å². The first-order chi connectivity index (χ1) is 16.8. The molecule has 0 saturated heterocycles. The van der Waals surface area contributed by atoms with Crippen LogP contribution in [0.1, 0.15) is 44.3 Å². The number of fused-ring (bicyclic) bond motifs is 3. The molecule has 4 rings (SSSR count). The molecule has 9 heteroatoms. The largest absolute Gasteiger partial charge is 0.481 e. The van der Waals surface area contributed by atoms with Crippen molar-refractivity contribution in [1.29, 1.82) is 0 Å². The van der Waals surface area contributed by atoms with Gasteiger partial charge in [0.1, 0.15) is 12.3 Å². The van der Waals surface area contributed by atoms with Gasteiger partial charge < -0.3 is 20.5 Å². The normalized spacial score (nSPS) is 13.0. The summed E-state index contributed by atoms with van der Waals surface area (Å²) in [7, 11) is 0. The minimum Gasteiger partial charge on any atom is -0.481 e. The van der Waals surface area contributed by atoms with Gasteiger partial charge in [-0.3, -0.25) is 9.59 Å². The van der Waals surface area contributed by atoms with Crippen molar-refractivity contribution in [3.05, 3.63) is 75.2 Å². The van der Waals surface area contributed by atoms with Crippen LogP contribution in [0.2, 0.25) is 0 Å². The van der Waals surface area contributed by atoms with Gasteiger partial charge in [-0.25, -0.2) is 9.78 Å². The Balaban J connectivity index is 1.27. The second kappa shape index (κ2) is 10.7. The van der Waals surface area contributed by atoms with E-state index in [1.54, 1.807) is 6.92 Å². The van der Waals surface area contributed by atoms with Gasteiger partial charge in [0.05, 0.1) is 10.9 Å². The van der Waals surface area contributed by atoms with Crippen molar-refractivity contribution < 1.29 is 24.2 Å². The van der Waals surface area contributed by atoms with E-state index < -0.39 is 23.9 Å². The second-order valence-corrected chi connectivity index (χ2v) is 9.75. The number of carbonyl (C=O) groups is 3. The van der Waals surface area contributed by atoms with Crippen molar-refractivity contribution in [3.8, 4) is 11.1 Å². The van der Waals surface area contributed by atoms with Crippen LogP contribution >= 0.6 is 11.3 Å². The van der Waals surface area contributed by atoms with Crippen molar-refractivity contribution in [1.82, 2.24) is 15.6 Å². The molecule has 2 amide bonds. The molecule has 35 heavy (non-hydrogen) atoms. The molecule has 3 aromatic rings. The predicted octanol–water partition coefficient (Wildman–Crippen LogP) is 3.98. The van der Waals surface area contributed by atoms with Crippen LogP contribution in [-0.2, 0) is 16.0 Å². The van der Waals surface area contributed by atoms with Gasteiger partial charge in [0.25, 0.3) is 5.91 Å². The number of thiazole rings is 1. The lowest BCUT2D eigenvalue weighted by atomic mass is 9.98. The summed E-state index contributed by atoms with van der Waals surface area (Å²) in [5, 5.41) is 15.0. The zero-order chi connectivity index (χ0) is 24.9. The predicted molar refractivity (Wildman–Crippen MR) is 133 cm³/mol. The number of aryl methyl sites for hydroxylation is 1. The molecule has 0 aliphatic heterocycles. The number of benzene rings is 2. The minimum atomic E-state index is -0.972. The summed E-state index contributed by atoms with van der Waals surface area (Å²) >= 11 is 1.37. The summed E-state index contributed by atoms with van der Waals surface area (Å²) in [5.41, 5.74) is 4.94. The smallest absolute Gasteiger partial charge is 0.407 e. The Kier molecular flexibility index (Phi) is 7.45. The molecule has 8 nitrogen and oxygen atoms in total. The first-order valence-electron chi connectivity index (χ1n) is 11.4. The lowest BCUT2D eigenvalue weighted by Crippen LogP contribution is -2.32. The first kappa shape index (κ1) is 24.4. The van der Waals surface area contributed by atoms with Crippen LogP contribution < -0.4 is 10.6 Å². The number of aromatic nitrogens is 1. The van der Waals surface area contributed by atoms with Crippen molar-refractivity contribution in [2.45, 2.75) is 26.2 Å². The van der Waals surface area contributed by atoms with Crippen LogP contribution in [0.5, 0.6) is 0 Å². The van der Waals surface area contributed by atoms with Crippen LogP contribution in [0, 0.1) is 12.8 Å². The third kappa shape index (κ3) is 5.51. The molecule has 0 saturated carbocycles. The molecule has 0 radical (unpaired) electrons. The van der Waals surface area contributed by atoms with E-state index in [-0.39, 0.29) is 24.8 Å². The molecule has 182 valence electrons. The summed E-state index contributed by atoms with van der Waals surface area (Å²) in [5.74, 6) is -2.05. The average Bonchev–Trinajstić information content (AvgIpc) is 3.38. The lowest BCUT2D eigenvalue weighted by Gasteiger charge is -2.14. The molecule has 0 fully saturated rings. The summed E-state index contributed by atoms with van der Waals surface area (Å²) in [4.78, 5) is 40.7. The van der Waals surface area contributed by atoms with E-state index in [9.17, 15) is 14.4 Å². The molecule has 0 spiro atoms. The van der Waals surface area contributed by atoms with Gasteiger partial charge in [-0.2, -0.15) is 0 Å². The van der Waals surface area contributed by atoms with Crippen LogP contribution in [-0.4, -0.2) is 47.8 Å². The Morgan fingerprint density at radius 2 is 1.69 bits per heavy atom. The fraction of sp³-hybridized carbons (Fsp3) is 0.308. The van der Waals surface area contributed by atoms with Crippen molar-refractivity contribution in [2.75, 3.05) is 19.7 Å². The van der Waals surface area contributed by atoms with Gasteiger partial charge in [0.15, 0.2) is 0 Å². The summed E-state index contributed by atoms with van der Waals surface area (Å²) < 4.78 is 5.54. The van der Waals surface area contributed by atoms with E-state index in [1.807, 2.05) is 24.3 Å². The first-order valence-corrected chi connectivity index (χ1v) is 12.2. The third-order valence-electron chi connectivity index (χ3n) is 6.00. The van der Waals surface area contributed by atoms with E-state index >= 15 is 0 Å². The number of hydrogen-bond donors (Lipinski definition) is 3. The van der Waals surface area contributed by atoms with Crippen LogP contribution in [0.4, 0.5) is 4.79 Å². The monoisotopic (exact) mass is 493 g/mol. The Labute approximate surface area is 207 Å². The standard InChI is InChI=1S/C26H27N3O5S/c1-15(25(31)32)13-28-24(30)23-16(2)35-22(29-23)11-12-27-26(33)34-14-21-19-9-5-3-7-17(19)18-8-4-6-10-20(18)21/h3-10,15,21H,11-14H2,1-2H3,(H,27,33)(H,28,30)(H,31,32). The zero-order valence-electron chi connectivity index (χ0n) is 19.5. The van der Waals surface area contributed by atoms with Gasteiger partial charge in [0, 0.05) is 30.3 Å². The molecule has 1 unspecified atom stereocenters. The molecular formula is C26H27N3O5S. The quantitative estimate of drug-likeness (QED) is 0.415. The molecule has 1 heterocycles. The number of ether oxygens (including phenoxy) is 1. The third-order valence-corrected chi connectivity index (χ3v) is 7.03. The molecule has 1 aliphatic rings. The molecule has 1 aromatic heterocycles. The highest BCUT2D eigenvalue weighted by Gasteiger charge is 2.29. The maximum atomic E-state index is 12.3. The van der Waals surface area contributed by atoms with Gasteiger partial charge >= 0.3 is 12.1 Å². The van der Waals surface area contributed by atoms with Gasteiger partial charge in [0.2, 0.25) is 0 Å². The Morgan fingerprint density at radius 3 is 2.31 bits per heavy atom. The molecule has 1 aliphatic carbocycles. The fourth-order valence-corrected chi connectivity index (χ4v) is 5.04. The number of hydrogen-bond acceptors (Lipinski definition) is 6. The fourth-order valence-electron chi connectivity index (χ4n) is 4.11. The van der Waals surface area contributed by atoms with Crippen LogP contribution in [0.15, 0.2) is 48.5 Å². The minimum absolute atomic E-state index is 0.000298.